The van der Waals surface area contributed by atoms with E-state index in [1.807, 2.05) is 18.4 Å². The van der Waals surface area contributed by atoms with Crippen LogP contribution in [0.25, 0.3) is 0 Å². The molecule has 0 aliphatic carbocycles. The molecule has 1 amide bonds. The maximum atomic E-state index is 13.8. The SMILES string of the molecule is COc1ccc(F)c(F)c1C(=O)NCCc1nncn1C(C)C. The fourth-order valence-electron chi connectivity index (χ4n) is 2.17. The molecule has 6 nitrogen and oxygen atoms in total. The minimum atomic E-state index is -1.23. The number of nitrogens with zero attached hydrogens (tertiary/aromatic N) is 3. The van der Waals surface area contributed by atoms with Crippen molar-refractivity contribution in [2.75, 3.05) is 13.7 Å². The highest BCUT2D eigenvalue weighted by molar-refractivity contribution is 5.97. The van der Waals surface area contributed by atoms with Gasteiger partial charge in [0.15, 0.2) is 11.6 Å². The monoisotopic (exact) mass is 324 g/mol. The van der Waals surface area contributed by atoms with Gasteiger partial charge >= 0.3 is 0 Å². The summed E-state index contributed by atoms with van der Waals surface area (Å²) in [6.45, 7) is 4.18. The lowest BCUT2D eigenvalue weighted by atomic mass is 10.1. The molecule has 1 aromatic carbocycles. The predicted molar refractivity (Wildman–Crippen MR) is 79.4 cm³/mol. The van der Waals surface area contributed by atoms with Crippen LogP contribution in [0.2, 0.25) is 0 Å². The van der Waals surface area contributed by atoms with Crippen LogP contribution in [0.1, 0.15) is 36.1 Å². The third-order valence-corrected chi connectivity index (χ3v) is 3.34. The van der Waals surface area contributed by atoms with Crippen LogP contribution in [-0.2, 0) is 6.42 Å². The largest absolute Gasteiger partial charge is 0.496 e. The summed E-state index contributed by atoms with van der Waals surface area (Å²) in [6, 6.07) is 2.31. The summed E-state index contributed by atoms with van der Waals surface area (Å²) in [5, 5.41) is 10.3. The first-order valence-electron chi connectivity index (χ1n) is 7.14. The van der Waals surface area contributed by atoms with Crippen molar-refractivity contribution in [1.29, 1.82) is 0 Å². The van der Waals surface area contributed by atoms with Gasteiger partial charge in [0.1, 0.15) is 23.5 Å². The third kappa shape index (κ3) is 3.64. The average molecular weight is 324 g/mol. The molecule has 8 heteroatoms. The lowest BCUT2D eigenvalue weighted by Crippen LogP contribution is -2.28. The minimum absolute atomic E-state index is 0.0215. The molecule has 0 radical (unpaired) electrons. The normalized spacial score (nSPS) is 10.9. The lowest BCUT2D eigenvalue weighted by Gasteiger charge is -2.12. The topological polar surface area (TPSA) is 69.0 Å². The summed E-state index contributed by atoms with van der Waals surface area (Å²) >= 11 is 0. The van der Waals surface area contributed by atoms with Crippen LogP contribution in [0, 0.1) is 11.6 Å². The molecule has 124 valence electrons. The molecule has 0 fully saturated rings. The van der Waals surface area contributed by atoms with E-state index in [0.29, 0.717) is 12.2 Å². The van der Waals surface area contributed by atoms with Gasteiger partial charge in [0.25, 0.3) is 5.91 Å². The van der Waals surface area contributed by atoms with E-state index in [0.717, 1.165) is 6.07 Å². The Hall–Kier alpha value is -2.51. The van der Waals surface area contributed by atoms with Crippen molar-refractivity contribution in [3.8, 4) is 5.75 Å². The minimum Gasteiger partial charge on any atom is -0.496 e. The Morgan fingerprint density at radius 2 is 2.13 bits per heavy atom. The second kappa shape index (κ2) is 7.17. The van der Waals surface area contributed by atoms with Crippen LogP contribution >= 0.6 is 0 Å². The number of methoxy groups -OCH3 is 1. The van der Waals surface area contributed by atoms with Crippen LogP contribution in [0.4, 0.5) is 8.78 Å². The maximum Gasteiger partial charge on any atom is 0.258 e. The average Bonchev–Trinajstić information content (AvgIpc) is 2.98. The van der Waals surface area contributed by atoms with Gasteiger partial charge in [-0.3, -0.25) is 4.79 Å². The van der Waals surface area contributed by atoms with E-state index in [1.54, 1.807) is 6.33 Å². The number of aromatic nitrogens is 3. The zero-order valence-electron chi connectivity index (χ0n) is 13.1. The Kier molecular flexibility index (Phi) is 5.25. The van der Waals surface area contributed by atoms with E-state index in [4.69, 9.17) is 4.74 Å². The Morgan fingerprint density at radius 1 is 1.39 bits per heavy atom. The highest BCUT2D eigenvalue weighted by atomic mass is 19.2. The van der Waals surface area contributed by atoms with Gasteiger partial charge in [-0.05, 0) is 26.0 Å². The van der Waals surface area contributed by atoms with Crippen molar-refractivity contribution in [1.82, 2.24) is 20.1 Å². The molecule has 0 saturated carbocycles. The first-order valence-corrected chi connectivity index (χ1v) is 7.14. The lowest BCUT2D eigenvalue weighted by molar-refractivity contribution is 0.0945. The van der Waals surface area contributed by atoms with Gasteiger partial charge in [0.2, 0.25) is 0 Å². The van der Waals surface area contributed by atoms with Crippen LogP contribution < -0.4 is 10.1 Å². The summed E-state index contributed by atoms with van der Waals surface area (Å²) in [5.41, 5.74) is -0.446. The van der Waals surface area contributed by atoms with E-state index < -0.39 is 23.1 Å². The fraction of sp³-hybridized carbons (Fsp3) is 0.400. The molecular formula is C15H18F2N4O2. The van der Waals surface area contributed by atoms with E-state index >= 15 is 0 Å². The fourth-order valence-corrected chi connectivity index (χ4v) is 2.17. The number of halogens is 2. The van der Waals surface area contributed by atoms with Crippen LogP contribution in [0.15, 0.2) is 18.5 Å². The number of carbonyl (C=O) groups excluding carboxylic acids is 1. The predicted octanol–water partition coefficient (Wildman–Crippen LogP) is 2.12. The molecule has 0 atom stereocenters. The van der Waals surface area contributed by atoms with Crippen molar-refractivity contribution in [2.24, 2.45) is 0 Å². The Morgan fingerprint density at radius 3 is 2.78 bits per heavy atom. The van der Waals surface area contributed by atoms with E-state index in [-0.39, 0.29) is 18.3 Å². The maximum absolute atomic E-state index is 13.8. The smallest absolute Gasteiger partial charge is 0.258 e. The molecule has 0 aliphatic rings. The molecule has 0 spiro atoms. The Labute approximate surface area is 132 Å². The zero-order chi connectivity index (χ0) is 17.0. The Bertz CT molecular complexity index is 701. The molecular weight excluding hydrogens is 306 g/mol. The molecule has 0 unspecified atom stereocenters. The van der Waals surface area contributed by atoms with Gasteiger partial charge in [-0.1, -0.05) is 0 Å². The van der Waals surface area contributed by atoms with Crippen LogP contribution in [-0.4, -0.2) is 34.3 Å². The molecule has 0 aliphatic heterocycles. The number of carbonyl (C=O) groups is 1. The van der Waals surface area contributed by atoms with E-state index in [9.17, 15) is 13.6 Å². The summed E-state index contributed by atoms with van der Waals surface area (Å²) in [7, 11) is 1.29. The standard InChI is InChI=1S/C15H18F2N4O2/c1-9(2)21-8-19-20-12(21)6-7-18-15(22)13-11(23-3)5-4-10(16)14(13)17/h4-5,8-9H,6-7H2,1-3H3,(H,18,22). The van der Waals surface area contributed by atoms with Gasteiger partial charge in [-0.15, -0.1) is 10.2 Å². The number of rotatable bonds is 6. The number of amides is 1. The summed E-state index contributed by atoms with van der Waals surface area (Å²) in [4.78, 5) is 12.1. The van der Waals surface area contributed by atoms with Crippen molar-refractivity contribution < 1.29 is 18.3 Å². The van der Waals surface area contributed by atoms with Gasteiger partial charge in [0.05, 0.1) is 7.11 Å². The summed E-state index contributed by atoms with van der Waals surface area (Å²) in [6.07, 6.45) is 2.03. The molecule has 1 heterocycles. The molecule has 0 saturated heterocycles. The number of hydrogen-bond acceptors (Lipinski definition) is 4. The van der Waals surface area contributed by atoms with Crippen molar-refractivity contribution in [3.63, 3.8) is 0 Å². The van der Waals surface area contributed by atoms with Crippen molar-refractivity contribution >= 4 is 5.91 Å². The van der Waals surface area contributed by atoms with E-state index in [2.05, 4.69) is 15.5 Å². The first kappa shape index (κ1) is 16.9. The quantitative estimate of drug-likeness (QED) is 0.884. The molecule has 1 aromatic heterocycles. The second-order valence-electron chi connectivity index (χ2n) is 5.19. The van der Waals surface area contributed by atoms with E-state index in [1.165, 1.54) is 13.2 Å². The van der Waals surface area contributed by atoms with Crippen molar-refractivity contribution in [3.05, 3.63) is 41.5 Å². The second-order valence-corrected chi connectivity index (χ2v) is 5.19. The molecule has 0 bridgehead atoms. The highest BCUT2D eigenvalue weighted by Gasteiger charge is 2.21. The van der Waals surface area contributed by atoms with Gasteiger partial charge in [0, 0.05) is 19.0 Å². The van der Waals surface area contributed by atoms with Gasteiger partial charge < -0.3 is 14.6 Å². The zero-order valence-corrected chi connectivity index (χ0v) is 13.1. The molecule has 23 heavy (non-hydrogen) atoms. The Balaban J connectivity index is 2.06. The first-order chi connectivity index (χ1) is 11.0. The molecule has 2 aromatic rings. The molecule has 2 rings (SSSR count). The summed E-state index contributed by atoms with van der Waals surface area (Å²) in [5.74, 6) is -2.39. The number of hydrogen-bond donors (Lipinski definition) is 1. The highest BCUT2D eigenvalue weighted by Crippen LogP contribution is 2.23. The van der Waals surface area contributed by atoms with Crippen molar-refractivity contribution in [2.45, 2.75) is 26.3 Å². The number of ether oxygens (including phenoxy) is 1. The van der Waals surface area contributed by atoms with Gasteiger partial charge in [-0.2, -0.15) is 0 Å². The number of nitrogens with one attached hydrogen (secondary N) is 1. The summed E-state index contributed by atoms with van der Waals surface area (Å²) < 4.78 is 33.9. The third-order valence-electron chi connectivity index (χ3n) is 3.34. The van der Waals surface area contributed by atoms with Crippen LogP contribution in [0.5, 0.6) is 5.75 Å². The van der Waals surface area contributed by atoms with Crippen LogP contribution in [0.3, 0.4) is 0 Å². The molecule has 1 N–H and O–H groups in total. The van der Waals surface area contributed by atoms with Gasteiger partial charge in [-0.25, -0.2) is 8.78 Å². The number of benzene rings is 1.